The Bertz CT molecular complexity index is 1590. The number of aromatic amines is 2. The third kappa shape index (κ3) is 4.39. The highest BCUT2D eigenvalue weighted by Crippen LogP contribution is 2.23. The highest BCUT2D eigenvalue weighted by atomic mass is 32.2. The summed E-state index contributed by atoms with van der Waals surface area (Å²) in [5.74, 6) is -0.324. The number of amides is 1. The normalized spacial score (nSPS) is 11.2. The number of nitrogens with one attached hydrogen (secondary N) is 3. The van der Waals surface area contributed by atoms with Crippen LogP contribution in [0.1, 0.15) is 5.56 Å². The topological polar surface area (TPSA) is 138 Å². The minimum atomic E-state index is -0.605. The van der Waals surface area contributed by atoms with Crippen LogP contribution in [0.5, 0.6) is 0 Å². The maximum atomic E-state index is 12.6. The van der Waals surface area contributed by atoms with Gasteiger partial charge < -0.3 is 10.3 Å². The molecule has 0 aliphatic rings. The van der Waals surface area contributed by atoms with E-state index in [1.165, 1.54) is 10.6 Å². The summed E-state index contributed by atoms with van der Waals surface area (Å²) in [5.41, 5.74) is 1.80. The van der Waals surface area contributed by atoms with E-state index in [1.54, 1.807) is 0 Å². The third-order valence-electron chi connectivity index (χ3n) is 4.92. The van der Waals surface area contributed by atoms with E-state index in [1.807, 2.05) is 54.6 Å². The van der Waals surface area contributed by atoms with Crippen molar-refractivity contribution in [3.8, 4) is 0 Å². The summed E-state index contributed by atoms with van der Waals surface area (Å²) in [5, 5.41) is 12.2. The summed E-state index contributed by atoms with van der Waals surface area (Å²) >= 11 is 1.10. The second-order valence-corrected chi connectivity index (χ2v) is 8.14. The zero-order valence-electron chi connectivity index (χ0n) is 17.1. The van der Waals surface area contributed by atoms with Crippen LogP contribution in [0.3, 0.4) is 0 Å². The molecule has 0 spiro atoms. The van der Waals surface area contributed by atoms with E-state index in [0.29, 0.717) is 16.3 Å². The van der Waals surface area contributed by atoms with Crippen molar-refractivity contribution in [3.05, 3.63) is 87.1 Å². The zero-order chi connectivity index (χ0) is 22.8. The van der Waals surface area contributed by atoms with E-state index in [-0.39, 0.29) is 18.1 Å². The predicted molar refractivity (Wildman–Crippen MR) is 125 cm³/mol. The minimum Gasteiger partial charge on any atom is -0.338 e. The highest BCUT2D eigenvalue weighted by molar-refractivity contribution is 7.99. The van der Waals surface area contributed by atoms with Crippen molar-refractivity contribution >= 4 is 45.6 Å². The third-order valence-corrected chi connectivity index (χ3v) is 5.76. The van der Waals surface area contributed by atoms with Crippen LogP contribution in [-0.2, 0) is 11.3 Å². The fourth-order valence-electron chi connectivity index (χ4n) is 3.42. The number of anilines is 1. The van der Waals surface area contributed by atoms with Gasteiger partial charge >= 0.3 is 5.69 Å². The Morgan fingerprint density at radius 2 is 1.79 bits per heavy atom. The van der Waals surface area contributed by atoms with E-state index in [9.17, 15) is 14.4 Å². The van der Waals surface area contributed by atoms with Crippen LogP contribution in [0.2, 0.25) is 0 Å². The Labute approximate surface area is 190 Å². The lowest BCUT2D eigenvalue weighted by Crippen LogP contribution is -2.33. The van der Waals surface area contributed by atoms with Gasteiger partial charge in [-0.3, -0.25) is 19.1 Å². The number of benzene rings is 2. The molecule has 0 fully saturated rings. The number of para-hydroxylation sites is 1. The number of aromatic nitrogens is 6. The minimum absolute atomic E-state index is 0.0280. The van der Waals surface area contributed by atoms with Crippen LogP contribution < -0.4 is 16.6 Å². The molecule has 0 aliphatic carbocycles. The van der Waals surface area contributed by atoms with Crippen molar-refractivity contribution in [2.24, 2.45) is 0 Å². The van der Waals surface area contributed by atoms with Crippen LogP contribution >= 0.6 is 11.8 Å². The van der Waals surface area contributed by atoms with Gasteiger partial charge in [0, 0.05) is 17.0 Å². The summed E-state index contributed by atoms with van der Waals surface area (Å²) < 4.78 is 1.30. The van der Waals surface area contributed by atoms with Gasteiger partial charge in [-0.15, -0.1) is 10.2 Å². The van der Waals surface area contributed by atoms with E-state index < -0.39 is 17.2 Å². The van der Waals surface area contributed by atoms with Gasteiger partial charge in [0.1, 0.15) is 11.3 Å². The van der Waals surface area contributed by atoms with Crippen molar-refractivity contribution < 1.29 is 4.79 Å². The molecule has 0 bridgehead atoms. The molecule has 0 saturated heterocycles. The summed E-state index contributed by atoms with van der Waals surface area (Å²) in [6.07, 6.45) is 0. The Kier molecular flexibility index (Phi) is 5.45. The Morgan fingerprint density at radius 1 is 1.00 bits per heavy atom. The lowest BCUT2D eigenvalue weighted by molar-refractivity contribution is -0.113. The van der Waals surface area contributed by atoms with Gasteiger partial charge in [-0.2, -0.15) is 0 Å². The van der Waals surface area contributed by atoms with Crippen LogP contribution in [0, 0.1) is 0 Å². The molecule has 0 radical (unpaired) electrons. The van der Waals surface area contributed by atoms with Crippen LogP contribution in [0.4, 0.5) is 5.82 Å². The molecule has 164 valence electrons. The monoisotopic (exact) mass is 459 g/mol. The Balaban J connectivity index is 1.32. The number of thioether (sulfide) groups is 1. The number of hydrogen-bond acceptors (Lipinski definition) is 7. The van der Waals surface area contributed by atoms with Gasteiger partial charge in [0.2, 0.25) is 11.1 Å². The van der Waals surface area contributed by atoms with Crippen molar-refractivity contribution in [1.82, 2.24) is 29.7 Å². The summed E-state index contributed by atoms with van der Waals surface area (Å²) in [4.78, 5) is 46.6. The molecule has 5 rings (SSSR count). The summed E-state index contributed by atoms with van der Waals surface area (Å²) in [7, 11) is 0. The molecule has 33 heavy (non-hydrogen) atoms. The molecule has 3 aromatic heterocycles. The lowest BCUT2D eigenvalue weighted by atomic mass is 10.2. The van der Waals surface area contributed by atoms with Gasteiger partial charge in [0.25, 0.3) is 5.56 Å². The number of rotatable bonds is 6. The van der Waals surface area contributed by atoms with E-state index in [4.69, 9.17) is 0 Å². The Hall–Kier alpha value is -4.25. The van der Waals surface area contributed by atoms with Gasteiger partial charge in [0.05, 0.1) is 12.3 Å². The van der Waals surface area contributed by atoms with Crippen LogP contribution in [0.15, 0.2) is 75.4 Å². The second-order valence-electron chi connectivity index (χ2n) is 7.19. The van der Waals surface area contributed by atoms with Gasteiger partial charge in [-0.25, -0.2) is 9.78 Å². The van der Waals surface area contributed by atoms with Crippen molar-refractivity contribution in [1.29, 1.82) is 0 Å². The molecule has 3 heterocycles. The number of fused-ring (bicyclic) bond motifs is 3. The lowest BCUT2D eigenvalue weighted by Gasteiger charge is -2.13. The van der Waals surface area contributed by atoms with E-state index >= 15 is 0 Å². The molecule has 0 atom stereocenters. The number of carbonyl (C=O) groups excluding carboxylic acids is 1. The van der Waals surface area contributed by atoms with E-state index in [0.717, 1.165) is 28.2 Å². The smallest absolute Gasteiger partial charge is 0.330 e. The van der Waals surface area contributed by atoms with Gasteiger partial charge in [-0.1, -0.05) is 60.3 Å². The SMILES string of the molecule is O=C(CSc1nnc2c(n1)[nH]c1ccccc12)Nc1cc(=O)[nH]c(=O)n1Cc1ccccc1. The quantitative estimate of drug-likeness (QED) is 0.331. The summed E-state index contributed by atoms with van der Waals surface area (Å²) in [6.45, 7) is 0.198. The molecular formula is C22H17N7O3S. The van der Waals surface area contributed by atoms with E-state index in [2.05, 4.69) is 30.5 Å². The predicted octanol–water partition coefficient (Wildman–Crippen LogP) is 2.14. The largest absolute Gasteiger partial charge is 0.338 e. The molecule has 10 nitrogen and oxygen atoms in total. The average molecular weight is 459 g/mol. The first-order valence-electron chi connectivity index (χ1n) is 9.99. The van der Waals surface area contributed by atoms with Gasteiger partial charge in [0.15, 0.2) is 5.65 Å². The van der Waals surface area contributed by atoms with Crippen LogP contribution in [-0.4, -0.2) is 41.4 Å². The van der Waals surface area contributed by atoms with Crippen molar-refractivity contribution in [2.45, 2.75) is 11.7 Å². The average Bonchev–Trinajstić information content (AvgIpc) is 3.18. The first-order valence-corrected chi connectivity index (χ1v) is 11.0. The summed E-state index contributed by atoms with van der Waals surface area (Å²) in [6, 6.07) is 18.1. The first kappa shape index (κ1) is 20.6. The van der Waals surface area contributed by atoms with Gasteiger partial charge in [-0.05, 0) is 11.6 Å². The Morgan fingerprint density at radius 3 is 2.64 bits per heavy atom. The molecular weight excluding hydrogens is 442 g/mol. The molecule has 5 aromatic rings. The molecule has 2 aromatic carbocycles. The highest BCUT2D eigenvalue weighted by Gasteiger charge is 2.13. The number of H-pyrrole nitrogens is 2. The molecule has 0 aliphatic heterocycles. The molecule has 0 unspecified atom stereocenters. The molecule has 0 saturated carbocycles. The fraction of sp³-hybridized carbons (Fsp3) is 0.0909. The maximum Gasteiger partial charge on any atom is 0.330 e. The zero-order valence-corrected chi connectivity index (χ0v) is 17.9. The second kappa shape index (κ2) is 8.71. The van der Waals surface area contributed by atoms with Crippen molar-refractivity contribution in [2.75, 3.05) is 11.1 Å². The first-order chi connectivity index (χ1) is 16.1. The molecule has 1 amide bonds. The number of nitrogens with zero attached hydrogens (tertiary/aromatic N) is 4. The number of hydrogen-bond donors (Lipinski definition) is 3. The number of carbonyl (C=O) groups is 1. The maximum absolute atomic E-state index is 12.6. The molecule has 3 N–H and O–H groups in total. The van der Waals surface area contributed by atoms with Crippen molar-refractivity contribution in [3.63, 3.8) is 0 Å². The fourth-order valence-corrected chi connectivity index (χ4v) is 4.01. The standard InChI is InChI=1S/C22H17N7O3S/c30-17-10-16(29(22(32)25-17)11-13-6-2-1-3-7-13)24-18(31)12-33-21-26-20-19(27-28-21)14-8-4-5-9-15(14)23-20/h1-10H,11-12H2,(H,24,31)(H,23,26,28)(H,25,30,32). The van der Waals surface area contributed by atoms with Crippen LogP contribution in [0.25, 0.3) is 22.1 Å². The molecule has 11 heteroatoms.